The van der Waals surface area contributed by atoms with Crippen LogP contribution in [0.1, 0.15) is 5.56 Å². The van der Waals surface area contributed by atoms with Crippen LogP contribution in [0.2, 0.25) is 0 Å². The first-order valence-corrected chi connectivity index (χ1v) is 5.79. The van der Waals surface area contributed by atoms with Crippen LogP contribution in [0, 0.1) is 0 Å². The van der Waals surface area contributed by atoms with E-state index in [1.54, 1.807) is 12.1 Å². The van der Waals surface area contributed by atoms with Crippen LogP contribution in [0.5, 0.6) is 5.75 Å². The van der Waals surface area contributed by atoms with E-state index in [1.807, 2.05) is 0 Å². The van der Waals surface area contributed by atoms with Crippen molar-refractivity contribution in [3.63, 3.8) is 0 Å². The lowest BCUT2D eigenvalue weighted by Gasteiger charge is -2.20. The van der Waals surface area contributed by atoms with E-state index in [9.17, 15) is 14.7 Å². The lowest BCUT2D eigenvalue weighted by atomic mass is 10.1. The topological polar surface area (TPSA) is 87.1 Å². The number of aliphatic carboxylic acids is 1. The van der Waals surface area contributed by atoms with E-state index in [1.165, 1.54) is 24.1 Å². The summed E-state index contributed by atoms with van der Waals surface area (Å²) in [5.74, 6) is -1.31. The van der Waals surface area contributed by atoms with E-state index < -0.39 is 5.97 Å². The van der Waals surface area contributed by atoms with E-state index >= 15 is 0 Å². The highest BCUT2D eigenvalue weighted by Gasteiger charge is 2.16. The van der Waals surface area contributed by atoms with Crippen molar-refractivity contribution in [3.8, 4) is 5.75 Å². The van der Waals surface area contributed by atoms with Crippen LogP contribution in [-0.2, 0) is 20.7 Å². The third-order valence-electron chi connectivity index (χ3n) is 2.51. The number of carboxylic acids is 1. The van der Waals surface area contributed by atoms with E-state index in [4.69, 9.17) is 9.84 Å². The molecule has 1 rings (SSSR count). The van der Waals surface area contributed by atoms with Gasteiger partial charge in [0.25, 0.3) is 0 Å². The summed E-state index contributed by atoms with van der Waals surface area (Å²) >= 11 is 0. The van der Waals surface area contributed by atoms with E-state index in [0.29, 0.717) is 5.56 Å². The fraction of sp³-hybridized carbons (Fsp3) is 0.385. The van der Waals surface area contributed by atoms with Crippen LogP contribution in [0.15, 0.2) is 24.3 Å². The fourth-order valence-corrected chi connectivity index (χ4v) is 1.61. The first kappa shape index (κ1) is 15.0. The van der Waals surface area contributed by atoms with Crippen LogP contribution in [0.25, 0.3) is 0 Å². The van der Waals surface area contributed by atoms with E-state index in [-0.39, 0.29) is 37.8 Å². The molecule has 1 aromatic carbocycles. The minimum Gasteiger partial charge on any atom is -0.508 e. The molecule has 2 N–H and O–H groups in total. The Kier molecular flexibility index (Phi) is 5.81. The minimum atomic E-state index is -1.07. The molecule has 6 heteroatoms. The zero-order chi connectivity index (χ0) is 14.3. The Labute approximate surface area is 111 Å². The molecular weight excluding hydrogens is 250 g/mol. The predicted molar refractivity (Wildman–Crippen MR) is 67.9 cm³/mol. The number of carbonyl (C=O) groups is 2. The van der Waals surface area contributed by atoms with Crippen molar-refractivity contribution in [2.24, 2.45) is 0 Å². The van der Waals surface area contributed by atoms with Gasteiger partial charge in [-0.3, -0.25) is 9.59 Å². The largest absolute Gasteiger partial charge is 0.508 e. The number of benzene rings is 1. The normalized spacial score (nSPS) is 10.2. The van der Waals surface area contributed by atoms with Crippen LogP contribution >= 0.6 is 0 Å². The zero-order valence-corrected chi connectivity index (χ0v) is 10.7. The van der Waals surface area contributed by atoms with Gasteiger partial charge in [-0.1, -0.05) is 12.1 Å². The number of hydrogen-bond donors (Lipinski definition) is 2. The monoisotopic (exact) mass is 267 g/mol. The molecule has 104 valence electrons. The van der Waals surface area contributed by atoms with Crippen LogP contribution in [0.4, 0.5) is 0 Å². The van der Waals surface area contributed by atoms with Crippen molar-refractivity contribution in [3.05, 3.63) is 29.8 Å². The molecule has 6 nitrogen and oxygen atoms in total. The summed E-state index contributed by atoms with van der Waals surface area (Å²) in [6, 6.07) is 6.32. The highest BCUT2D eigenvalue weighted by Crippen LogP contribution is 2.12. The van der Waals surface area contributed by atoms with Crippen LogP contribution in [-0.4, -0.2) is 53.8 Å². The second-order valence-electron chi connectivity index (χ2n) is 4.05. The number of rotatable bonds is 7. The lowest BCUT2D eigenvalue weighted by Crippen LogP contribution is -2.38. The van der Waals surface area contributed by atoms with Gasteiger partial charge in [0.05, 0.1) is 13.0 Å². The predicted octanol–water partition coefficient (Wildman–Crippen LogP) is 0.494. The van der Waals surface area contributed by atoms with Gasteiger partial charge in [-0.2, -0.15) is 0 Å². The summed E-state index contributed by atoms with van der Waals surface area (Å²) in [6.07, 6.45) is 0.0470. The molecule has 1 amide bonds. The maximum atomic E-state index is 12.0. The third kappa shape index (κ3) is 5.39. The van der Waals surface area contributed by atoms with Gasteiger partial charge in [0.2, 0.25) is 5.91 Å². The number of hydrogen-bond acceptors (Lipinski definition) is 4. The van der Waals surface area contributed by atoms with Crippen molar-refractivity contribution in [2.75, 3.05) is 26.8 Å². The van der Waals surface area contributed by atoms with Crippen molar-refractivity contribution in [1.29, 1.82) is 0 Å². The number of nitrogens with zero attached hydrogens (tertiary/aromatic N) is 1. The van der Waals surface area contributed by atoms with E-state index in [0.717, 1.165) is 0 Å². The SMILES string of the molecule is COCCN(CC(=O)O)C(=O)Cc1cccc(O)c1. The van der Waals surface area contributed by atoms with Crippen molar-refractivity contribution < 1.29 is 24.5 Å². The first-order chi connectivity index (χ1) is 9.02. The van der Waals surface area contributed by atoms with Crippen molar-refractivity contribution in [2.45, 2.75) is 6.42 Å². The minimum absolute atomic E-state index is 0.0470. The summed E-state index contributed by atoms with van der Waals surface area (Å²) in [5, 5.41) is 18.1. The summed E-state index contributed by atoms with van der Waals surface area (Å²) in [6.45, 7) is 0.139. The summed E-state index contributed by atoms with van der Waals surface area (Å²) in [7, 11) is 1.48. The number of phenols is 1. The number of aromatic hydroxyl groups is 1. The molecule has 0 unspecified atom stereocenters. The maximum Gasteiger partial charge on any atom is 0.323 e. The first-order valence-electron chi connectivity index (χ1n) is 5.79. The molecular formula is C13H17NO5. The quantitative estimate of drug-likeness (QED) is 0.751. The van der Waals surface area contributed by atoms with Gasteiger partial charge in [-0.25, -0.2) is 0 Å². The second kappa shape index (κ2) is 7.38. The highest BCUT2D eigenvalue weighted by atomic mass is 16.5. The molecule has 0 saturated heterocycles. The van der Waals surface area contributed by atoms with E-state index in [2.05, 4.69) is 0 Å². The highest BCUT2D eigenvalue weighted by molar-refractivity contribution is 5.83. The Bertz CT molecular complexity index is 446. The van der Waals surface area contributed by atoms with Gasteiger partial charge < -0.3 is 19.8 Å². The molecule has 0 bridgehead atoms. The Morgan fingerprint density at radius 3 is 2.68 bits per heavy atom. The molecule has 0 spiro atoms. The number of carboxylic acid groups (broad SMARTS) is 1. The molecule has 0 aliphatic carbocycles. The molecule has 19 heavy (non-hydrogen) atoms. The molecule has 0 atom stereocenters. The van der Waals surface area contributed by atoms with Gasteiger partial charge in [0, 0.05) is 13.7 Å². The van der Waals surface area contributed by atoms with Crippen molar-refractivity contribution >= 4 is 11.9 Å². The molecule has 0 aliphatic heterocycles. The molecule has 0 aromatic heterocycles. The van der Waals surface area contributed by atoms with Crippen molar-refractivity contribution in [1.82, 2.24) is 4.90 Å². The number of methoxy groups -OCH3 is 1. The standard InChI is InChI=1S/C13H17NO5/c1-19-6-5-14(9-13(17)18)12(16)8-10-3-2-4-11(15)7-10/h2-4,7,15H,5-6,8-9H2,1H3,(H,17,18). The number of amides is 1. The Balaban J connectivity index is 2.67. The van der Waals surface area contributed by atoms with Gasteiger partial charge in [0.15, 0.2) is 0 Å². The lowest BCUT2D eigenvalue weighted by molar-refractivity contribution is -0.144. The summed E-state index contributed by atoms with van der Waals surface area (Å²) in [5.41, 5.74) is 0.637. The molecule has 0 fully saturated rings. The third-order valence-corrected chi connectivity index (χ3v) is 2.51. The summed E-state index contributed by atoms with van der Waals surface area (Å²) < 4.78 is 4.85. The van der Waals surface area contributed by atoms with Crippen LogP contribution < -0.4 is 0 Å². The Hall–Kier alpha value is -2.08. The maximum absolute atomic E-state index is 12.0. The Morgan fingerprint density at radius 2 is 2.11 bits per heavy atom. The molecule has 0 heterocycles. The summed E-state index contributed by atoms with van der Waals surface area (Å²) in [4.78, 5) is 23.9. The fourth-order valence-electron chi connectivity index (χ4n) is 1.61. The van der Waals surface area contributed by atoms with Crippen LogP contribution in [0.3, 0.4) is 0 Å². The molecule has 0 saturated carbocycles. The second-order valence-corrected chi connectivity index (χ2v) is 4.05. The Morgan fingerprint density at radius 1 is 1.37 bits per heavy atom. The molecule has 1 aromatic rings. The number of ether oxygens (including phenoxy) is 1. The molecule has 0 radical (unpaired) electrons. The van der Waals surface area contributed by atoms with Gasteiger partial charge in [-0.15, -0.1) is 0 Å². The van der Waals surface area contributed by atoms with Gasteiger partial charge >= 0.3 is 5.97 Å². The number of carbonyl (C=O) groups excluding carboxylic acids is 1. The van der Waals surface area contributed by atoms with Gasteiger partial charge in [-0.05, 0) is 17.7 Å². The average Bonchev–Trinajstić information content (AvgIpc) is 2.34. The molecule has 0 aliphatic rings. The smallest absolute Gasteiger partial charge is 0.323 e. The number of phenolic OH excluding ortho intramolecular Hbond substituents is 1. The zero-order valence-electron chi connectivity index (χ0n) is 10.7. The average molecular weight is 267 g/mol. The van der Waals surface area contributed by atoms with Gasteiger partial charge in [0.1, 0.15) is 12.3 Å².